The Bertz CT molecular complexity index is 530. The quantitative estimate of drug-likeness (QED) is 0.802. The van der Waals surface area contributed by atoms with E-state index in [4.69, 9.17) is 16.0 Å². The lowest BCUT2D eigenvalue weighted by Crippen LogP contribution is -2.11. The minimum absolute atomic E-state index is 0.189. The van der Waals surface area contributed by atoms with Crippen LogP contribution in [0.2, 0.25) is 5.02 Å². The van der Waals surface area contributed by atoms with Crippen molar-refractivity contribution in [3.8, 4) is 0 Å². The summed E-state index contributed by atoms with van der Waals surface area (Å²) in [5.41, 5.74) is 1.12. The lowest BCUT2D eigenvalue weighted by atomic mass is 10.2. The minimum atomic E-state index is -2.37. The molecule has 6 heteroatoms. The van der Waals surface area contributed by atoms with Gasteiger partial charge in [-0.3, -0.25) is 0 Å². The molecule has 0 fully saturated rings. The van der Waals surface area contributed by atoms with Gasteiger partial charge in [0.2, 0.25) is 0 Å². The third-order valence-electron chi connectivity index (χ3n) is 2.61. The lowest BCUT2D eigenvalue weighted by Gasteiger charge is -2.03. The van der Waals surface area contributed by atoms with E-state index in [2.05, 4.69) is 5.32 Å². The molecule has 0 atom stereocenters. The van der Waals surface area contributed by atoms with Gasteiger partial charge in [-0.2, -0.15) is 8.78 Å². The van der Waals surface area contributed by atoms with E-state index < -0.39 is 5.76 Å². The first kappa shape index (κ1) is 15.4. The maximum absolute atomic E-state index is 12.0. The first-order valence-corrected chi connectivity index (χ1v) is 7.48. The Kier molecular flexibility index (Phi) is 5.88. The standard InChI is InChI=1S/C14H14ClF2NOS/c15-11-3-1-10(2-4-11)7-18-8-12-5-6-13(19-12)9-20-14(16)17/h1-6,14,18H,7-9H2. The van der Waals surface area contributed by atoms with Crippen molar-refractivity contribution in [2.45, 2.75) is 24.6 Å². The Morgan fingerprint density at radius 3 is 2.45 bits per heavy atom. The lowest BCUT2D eigenvalue weighted by molar-refractivity contribution is 0.251. The second kappa shape index (κ2) is 7.67. The molecule has 0 aliphatic carbocycles. The second-order valence-electron chi connectivity index (χ2n) is 4.17. The highest BCUT2D eigenvalue weighted by molar-refractivity contribution is 7.98. The first-order valence-electron chi connectivity index (χ1n) is 6.06. The zero-order chi connectivity index (χ0) is 14.4. The zero-order valence-corrected chi connectivity index (χ0v) is 12.2. The van der Waals surface area contributed by atoms with E-state index in [0.29, 0.717) is 35.6 Å². The van der Waals surface area contributed by atoms with E-state index >= 15 is 0 Å². The van der Waals surface area contributed by atoms with Crippen LogP contribution >= 0.6 is 23.4 Å². The van der Waals surface area contributed by atoms with Crippen LogP contribution in [-0.4, -0.2) is 5.76 Å². The SMILES string of the molecule is FC(F)SCc1ccc(CNCc2ccc(Cl)cc2)o1. The number of hydrogen-bond donors (Lipinski definition) is 1. The van der Waals surface area contributed by atoms with Gasteiger partial charge in [0.25, 0.3) is 5.76 Å². The van der Waals surface area contributed by atoms with Crippen molar-refractivity contribution in [2.24, 2.45) is 0 Å². The molecular weight excluding hydrogens is 304 g/mol. The van der Waals surface area contributed by atoms with Crippen LogP contribution in [0.15, 0.2) is 40.8 Å². The maximum atomic E-state index is 12.0. The van der Waals surface area contributed by atoms with Crippen LogP contribution in [0.4, 0.5) is 8.78 Å². The normalized spacial score (nSPS) is 11.2. The summed E-state index contributed by atoms with van der Waals surface area (Å²) < 4.78 is 29.5. The summed E-state index contributed by atoms with van der Waals surface area (Å²) in [5, 5.41) is 3.93. The van der Waals surface area contributed by atoms with Gasteiger partial charge in [-0.1, -0.05) is 35.5 Å². The van der Waals surface area contributed by atoms with Crippen LogP contribution in [0.1, 0.15) is 17.1 Å². The Morgan fingerprint density at radius 1 is 1.05 bits per heavy atom. The summed E-state index contributed by atoms with van der Waals surface area (Å²) in [6.07, 6.45) is 0. The van der Waals surface area contributed by atoms with Gasteiger partial charge in [0.1, 0.15) is 11.5 Å². The predicted molar refractivity (Wildman–Crippen MR) is 78.0 cm³/mol. The van der Waals surface area contributed by atoms with Crippen LogP contribution in [0.25, 0.3) is 0 Å². The van der Waals surface area contributed by atoms with Crippen molar-refractivity contribution in [3.05, 3.63) is 58.5 Å². The van der Waals surface area contributed by atoms with Gasteiger partial charge in [0, 0.05) is 11.6 Å². The molecule has 0 aliphatic heterocycles. The molecule has 2 rings (SSSR count). The van der Waals surface area contributed by atoms with E-state index in [1.165, 1.54) is 0 Å². The highest BCUT2D eigenvalue weighted by Gasteiger charge is 2.07. The fraction of sp³-hybridized carbons (Fsp3) is 0.286. The van der Waals surface area contributed by atoms with Crippen LogP contribution in [0.5, 0.6) is 0 Å². The molecule has 0 amide bonds. The summed E-state index contributed by atoms with van der Waals surface area (Å²) in [7, 11) is 0. The predicted octanol–water partition coefficient (Wildman–Crippen LogP) is 4.68. The van der Waals surface area contributed by atoms with Gasteiger partial charge in [-0.05, 0) is 29.8 Å². The van der Waals surface area contributed by atoms with Crippen LogP contribution < -0.4 is 5.32 Å². The smallest absolute Gasteiger partial charge is 0.284 e. The molecule has 2 nitrogen and oxygen atoms in total. The second-order valence-corrected chi connectivity index (χ2v) is 5.58. The number of rotatable bonds is 7. The molecule has 1 aromatic carbocycles. The Morgan fingerprint density at radius 2 is 1.75 bits per heavy atom. The average molecular weight is 318 g/mol. The van der Waals surface area contributed by atoms with E-state index in [-0.39, 0.29) is 5.75 Å². The fourth-order valence-electron chi connectivity index (χ4n) is 1.67. The van der Waals surface area contributed by atoms with Crippen LogP contribution in [0, 0.1) is 0 Å². The molecule has 1 aromatic heterocycles. The van der Waals surface area contributed by atoms with Gasteiger partial charge >= 0.3 is 0 Å². The Hall–Kier alpha value is -1.04. The van der Waals surface area contributed by atoms with Gasteiger partial charge in [-0.25, -0.2) is 0 Å². The zero-order valence-electron chi connectivity index (χ0n) is 10.6. The Balaban J connectivity index is 1.75. The maximum Gasteiger partial charge on any atom is 0.284 e. The molecule has 0 saturated heterocycles. The van der Waals surface area contributed by atoms with Crippen molar-refractivity contribution in [1.82, 2.24) is 5.32 Å². The molecule has 0 spiro atoms. The Labute approximate surface area is 125 Å². The van der Waals surface area contributed by atoms with E-state index in [9.17, 15) is 8.78 Å². The molecule has 0 aliphatic rings. The van der Waals surface area contributed by atoms with Gasteiger partial charge in [0.15, 0.2) is 0 Å². The minimum Gasteiger partial charge on any atom is -0.464 e. The molecule has 108 valence electrons. The summed E-state index contributed by atoms with van der Waals surface area (Å²) in [6, 6.07) is 11.1. The van der Waals surface area contributed by atoms with Gasteiger partial charge in [0.05, 0.1) is 12.3 Å². The molecule has 0 unspecified atom stereocenters. The first-order chi connectivity index (χ1) is 9.63. The van der Waals surface area contributed by atoms with Crippen molar-refractivity contribution in [3.63, 3.8) is 0 Å². The largest absolute Gasteiger partial charge is 0.464 e. The van der Waals surface area contributed by atoms with Crippen molar-refractivity contribution < 1.29 is 13.2 Å². The van der Waals surface area contributed by atoms with Crippen molar-refractivity contribution in [2.75, 3.05) is 0 Å². The summed E-state index contributed by atoms with van der Waals surface area (Å²) in [6.45, 7) is 1.25. The molecule has 0 bridgehead atoms. The topological polar surface area (TPSA) is 25.2 Å². The van der Waals surface area contributed by atoms with E-state index in [1.807, 2.05) is 24.3 Å². The molecule has 20 heavy (non-hydrogen) atoms. The molecule has 2 aromatic rings. The number of nitrogens with one attached hydrogen (secondary N) is 1. The highest BCUT2D eigenvalue weighted by Crippen LogP contribution is 2.21. The van der Waals surface area contributed by atoms with Gasteiger partial charge in [-0.15, -0.1) is 0 Å². The molecule has 1 N–H and O–H groups in total. The van der Waals surface area contributed by atoms with Crippen LogP contribution in [0.3, 0.4) is 0 Å². The third kappa shape index (κ3) is 5.15. The molecule has 0 saturated carbocycles. The average Bonchev–Trinajstić information content (AvgIpc) is 2.87. The number of halogens is 3. The summed E-state index contributed by atoms with van der Waals surface area (Å²) >= 11 is 6.37. The number of hydrogen-bond acceptors (Lipinski definition) is 3. The number of alkyl halides is 2. The van der Waals surface area contributed by atoms with Crippen LogP contribution in [-0.2, 0) is 18.8 Å². The molecular formula is C14H14ClF2NOS. The third-order valence-corrected chi connectivity index (χ3v) is 3.57. The highest BCUT2D eigenvalue weighted by atomic mass is 35.5. The number of thioether (sulfide) groups is 1. The number of benzene rings is 1. The molecule has 1 heterocycles. The van der Waals surface area contributed by atoms with Gasteiger partial charge < -0.3 is 9.73 Å². The van der Waals surface area contributed by atoms with E-state index in [0.717, 1.165) is 11.3 Å². The summed E-state index contributed by atoms with van der Waals surface area (Å²) in [4.78, 5) is 0. The van der Waals surface area contributed by atoms with Crippen molar-refractivity contribution >= 4 is 23.4 Å². The fourth-order valence-corrected chi connectivity index (χ4v) is 2.24. The summed E-state index contributed by atoms with van der Waals surface area (Å²) in [5.74, 6) is -0.872. The molecule has 0 radical (unpaired) electrons. The van der Waals surface area contributed by atoms with E-state index in [1.54, 1.807) is 12.1 Å². The number of furan rings is 1. The monoisotopic (exact) mass is 317 g/mol. The van der Waals surface area contributed by atoms with Crippen molar-refractivity contribution in [1.29, 1.82) is 0 Å².